The average Bonchev–Trinajstić information content (AvgIpc) is 2.35. The molecule has 1 aromatic carbocycles. The van der Waals surface area contributed by atoms with Crippen molar-refractivity contribution in [2.24, 2.45) is 0 Å². The van der Waals surface area contributed by atoms with Crippen LogP contribution in [0, 0.1) is 0 Å². The minimum atomic E-state index is -3.22. The van der Waals surface area contributed by atoms with Gasteiger partial charge in [-0.05, 0) is 18.6 Å². The van der Waals surface area contributed by atoms with Crippen LogP contribution in [0.3, 0.4) is 0 Å². The molecule has 5 heteroatoms. The molecular weight excluding hydrogens is 240 g/mol. The van der Waals surface area contributed by atoms with Crippen LogP contribution in [0.2, 0.25) is 0 Å². The molecule has 0 amide bonds. The summed E-state index contributed by atoms with van der Waals surface area (Å²) in [4.78, 5) is 0.281. The van der Waals surface area contributed by atoms with E-state index in [4.69, 9.17) is 9.47 Å². The number of ether oxygens (including phenoxy) is 2. The van der Waals surface area contributed by atoms with Gasteiger partial charge in [0.25, 0.3) is 0 Å². The minimum Gasteiger partial charge on any atom is -0.493 e. The molecule has 0 aliphatic rings. The summed E-state index contributed by atoms with van der Waals surface area (Å²) in [5, 5.41) is 0. The van der Waals surface area contributed by atoms with E-state index in [0.29, 0.717) is 17.9 Å². The highest BCUT2D eigenvalue weighted by molar-refractivity contribution is 7.91. The van der Waals surface area contributed by atoms with Crippen LogP contribution >= 0.6 is 0 Å². The smallest absolute Gasteiger partial charge is 0.178 e. The molecule has 0 aliphatic heterocycles. The van der Waals surface area contributed by atoms with Crippen LogP contribution in [0.15, 0.2) is 23.1 Å². The predicted octanol–water partition coefficient (Wildman–Crippen LogP) is 2.28. The van der Waals surface area contributed by atoms with Gasteiger partial charge in [0.2, 0.25) is 0 Å². The van der Waals surface area contributed by atoms with Crippen molar-refractivity contribution < 1.29 is 17.9 Å². The molecule has 0 saturated heterocycles. The van der Waals surface area contributed by atoms with E-state index in [0.717, 1.165) is 6.42 Å². The van der Waals surface area contributed by atoms with Gasteiger partial charge in [0.05, 0.1) is 24.9 Å². The summed E-state index contributed by atoms with van der Waals surface area (Å²) in [6.45, 7) is 1.96. The minimum absolute atomic E-state index is 0.166. The van der Waals surface area contributed by atoms with E-state index in [2.05, 4.69) is 0 Å². The lowest BCUT2D eigenvalue weighted by atomic mass is 10.3. The van der Waals surface area contributed by atoms with Gasteiger partial charge in [0.1, 0.15) is 0 Å². The Balaban J connectivity index is 3.07. The van der Waals surface area contributed by atoms with Gasteiger partial charge in [-0.25, -0.2) is 8.42 Å². The Morgan fingerprint density at radius 2 is 1.76 bits per heavy atom. The highest BCUT2D eigenvalue weighted by atomic mass is 32.2. The zero-order chi connectivity index (χ0) is 12.9. The van der Waals surface area contributed by atoms with Crippen molar-refractivity contribution >= 4 is 9.84 Å². The summed E-state index contributed by atoms with van der Waals surface area (Å²) >= 11 is 0. The molecule has 1 aromatic rings. The number of methoxy groups -OCH3 is 2. The number of hydrogen-bond acceptors (Lipinski definition) is 4. The molecule has 4 nitrogen and oxygen atoms in total. The van der Waals surface area contributed by atoms with Crippen LogP contribution in [0.1, 0.15) is 19.8 Å². The molecule has 0 fully saturated rings. The first-order valence-corrected chi connectivity index (χ1v) is 7.15. The van der Waals surface area contributed by atoms with Crippen molar-refractivity contribution in [1.82, 2.24) is 0 Å². The van der Waals surface area contributed by atoms with E-state index < -0.39 is 9.84 Å². The van der Waals surface area contributed by atoms with Gasteiger partial charge in [-0.3, -0.25) is 0 Å². The quantitative estimate of drug-likeness (QED) is 0.785. The Morgan fingerprint density at radius 3 is 2.29 bits per heavy atom. The van der Waals surface area contributed by atoms with Gasteiger partial charge in [-0.15, -0.1) is 0 Å². The van der Waals surface area contributed by atoms with Gasteiger partial charge < -0.3 is 9.47 Å². The molecule has 0 heterocycles. The van der Waals surface area contributed by atoms with Crippen LogP contribution in [-0.2, 0) is 9.84 Å². The van der Waals surface area contributed by atoms with Gasteiger partial charge >= 0.3 is 0 Å². The van der Waals surface area contributed by atoms with E-state index in [1.807, 2.05) is 6.92 Å². The molecular formula is C12H18O4S. The first-order chi connectivity index (χ1) is 8.05. The summed E-state index contributed by atoms with van der Waals surface area (Å²) in [5.41, 5.74) is 0. The first kappa shape index (κ1) is 13.8. The maximum absolute atomic E-state index is 12.0. The number of sulfone groups is 1. The van der Waals surface area contributed by atoms with Crippen LogP contribution < -0.4 is 9.47 Å². The molecule has 0 aromatic heterocycles. The zero-order valence-corrected chi connectivity index (χ0v) is 11.2. The standard InChI is InChI=1S/C12H18O4S/c1-4-5-8-17(13,14)10-6-7-11(15-2)12(9-10)16-3/h6-7,9H,4-5,8H2,1-3H3. The Morgan fingerprint density at radius 1 is 1.12 bits per heavy atom. The van der Waals surface area contributed by atoms with Crippen LogP contribution in [0.4, 0.5) is 0 Å². The van der Waals surface area contributed by atoms with Crippen molar-refractivity contribution in [3.63, 3.8) is 0 Å². The topological polar surface area (TPSA) is 52.6 Å². The Labute approximate surface area is 102 Å². The van der Waals surface area contributed by atoms with Gasteiger partial charge in [0.15, 0.2) is 21.3 Å². The van der Waals surface area contributed by atoms with Gasteiger partial charge in [-0.2, -0.15) is 0 Å². The third-order valence-electron chi connectivity index (χ3n) is 2.48. The molecule has 0 radical (unpaired) electrons. The number of unbranched alkanes of at least 4 members (excludes halogenated alkanes) is 1. The molecule has 17 heavy (non-hydrogen) atoms. The van der Waals surface area contributed by atoms with Crippen molar-refractivity contribution in [2.75, 3.05) is 20.0 Å². The van der Waals surface area contributed by atoms with E-state index in [1.165, 1.54) is 20.3 Å². The second-order valence-corrected chi connectivity index (χ2v) is 5.80. The summed E-state index contributed by atoms with van der Waals surface area (Å²) in [5.74, 6) is 1.13. The number of benzene rings is 1. The summed E-state index contributed by atoms with van der Waals surface area (Å²) in [7, 11) is -0.212. The second-order valence-electron chi connectivity index (χ2n) is 3.69. The van der Waals surface area contributed by atoms with E-state index in [1.54, 1.807) is 12.1 Å². The van der Waals surface area contributed by atoms with Gasteiger partial charge in [-0.1, -0.05) is 13.3 Å². The van der Waals surface area contributed by atoms with Crippen LogP contribution in [0.5, 0.6) is 11.5 Å². The maximum atomic E-state index is 12.0. The zero-order valence-electron chi connectivity index (χ0n) is 10.4. The number of hydrogen-bond donors (Lipinski definition) is 0. The molecule has 96 valence electrons. The average molecular weight is 258 g/mol. The van der Waals surface area contributed by atoms with Crippen molar-refractivity contribution in [3.8, 4) is 11.5 Å². The van der Waals surface area contributed by atoms with E-state index >= 15 is 0 Å². The van der Waals surface area contributed by atoms with Crippen molar-refractivity contribution in [1.29, 1.82) is 0 Å². The highest BCUT2D eigenvalue weighted by Gasteiger charge is 2.16. The third-order valence-corrected chi connectivity index (χ3v) is 4.28. The van der Waals surface area contributed by atoms with Gasteiger partial charge in [0, 0.05) is 6.07 Å². The molecule has 1 rings (SSSR count). The maximum Gasteiger partial charge on any atom is 0.178 e. The fourth-order valence-electron chi connectivity index (χ4n) is 1.46. The Hall–Kier alpha value is -1.23. The largest absolute Gasteiger partial charge is 0.493 e. The summed E-state index contributed by atoms with van der Waals surface area (Å²) in [6.07, 6.45) is 1.52. The molecule has 0 aliphatic carbocycles. The molecule has 0 spiro atoms. The molecule has 0 atom stereocenters. The van der Waals surface area contributed by atoms with Crippen molar-refractivity contribution in [2.45, 2.75) is 24.7 Å². The fraction of sp³-hybridized carbons (Fsp3) is 0.500. The summed E-state index contributed by atoms with van der Waals surface area (Å²) < 4.78 is 34.1. The fourth-order valence-corrected chi connectivity index (χ4v) is 2.93. The van der Waals surface area contributed by atoms with Crippen molar-refractivity contribution in [3.05, 3.63) is 18.2 Å². The molecule has 0 unspecified atom stereocenters. The normalized spacial score (nSPS) is 11.2. The Bertz CT molecular complexity index is 465. The predicted molar refractivity (Wildman–Crippen MR) is 66.5 cm³/mol. The summed E-state index contributed by atoms with van der Waals surface area (Å²) in [6, 6.07) is 4.66. The Kier molecular flexibility index (Phi) is 4.81. The highest BCUT2D eigenvalue weighted by Crippen LogP contribution is 2.29. The lowest BCUT2D eigenvalue weighted by Gasteiger charge is -2.09. The monoisotopic (exact) mass is 258 g/mol. The van der Waals surface area contributed by atoms with E-state index in [9.17, 15) is 8.42 Å². The van der Waals surface area contributed by atoms with E-state index in [-0.39, 0.29) is 10.6 Å². The molecule has 0 N–H and O–H groups in total. The second kappa shape index (κ2) is 5.91. The molecule has 0 saturated carbocycles. The third kappa shape index (κ3) is 3.36. The SMILES string of the molecule is CCCCS(=O)(=O)c1ccc(OC)c(OC)c1. The lowest BCUT2D eigenvalue weighted by Crippen LogP contribution is -2.07. The number of rotatable bonds is 6. The van der Waals surface area contributed by atoms with Crippen LogP contribution in [0.25, 0.3) is 0 Å². The lowest BCUT2D eigenvalue weighted by molar-refractivity contribution is 0.354. The van der Waals surface area contributed by atoms with Crippen LogP contribution in [-0.4, -0.2) is 28.4 Å². The first-order valence-electron chi connectivity index (χ1n) is 5.50. The molecule has 0 bridgehead atoms.